The lowest BCUT2D eigenvalue weighted by molar-refractivity contribution is 0.188. The highest BCUT2D eigenvalue weighted by molar-refractivity contribution is 7.15. The molecule has 0 saturated heterocycles. The van der Waals surface area contributed by atoms with Crippen LogP contribution in [-0.2, 0) is 6.54 Å². The van der Waals surface area contributed by atoms with Gasteiger partial charge in [-0.3, -0.25) is 0 Å². The van der Waals surface area contributed by atoms with E-state index in [-0.39, 0.29) is 11.8 Å². The molecule has 0 atom stereocenters. The number of hydrogen-bond donors (Lipinski definition) is 2. The monoisotopic (exact) mass is 332 g/mol. The van der Waals surface area contributed by atoms with Crippen LogP contribution in [0, 0.1) is 6.92 Å². The molecule has 2 amide bonds. The molecule has 0 fully saturated rings. The Kier molecular flexibility index (Phi) is 4.43. The van der Waals surface area contributed by atoms with Gasteiger partial charge in [0, 0.05) is 21.9 Å². The normalized spacial score (nSPS) is 13.9. The highest BCUT2D eigenvalue weighted by Crippen LogP contribution is 2.39. The Balaban J connectivity index is 1.95. The van der Waals surface area contributed by atoms with Crippen LogP contribution in [-0.4, -0.2) is 35.7 Å². The van der Waals surface area contributed by atoms with E-state index >= 15 is 0 Å². The van der Waals surface area contributed by atoms with Gasteiger partial charge in [-0.15, -0.1) is 11.3 Å². The molecule has 3 rings (SSSR count). The topological polar surface area (TPSA) is 61.8 Å². The predicted molar refractivity (Wildman–Crippen MR) is 91.1 cm³/mol. The number of phenols is 1. The lowest BCUT2D eigenvalue weighted by Gasteiger charge is -2.20. The SMILES string of the molecule is CCNC(=O)N1CCOc2c(O)cc(-c3ccc(C)s3)cc2C1. The van der Waals surface area contributed by atoms with E-state index in [0.717, 1.165) is 16.0 Å². The van der Waals surface area contributed by atoms with E-state index < -0.39 is 0 Å². The Bertz CT molecular complexity index is 727. The van der Waals surface area contributed by atoms with Crippen molar-refractivity contribution in [1.29, 1.82) is 0 Å². The average molecular weight is 332 g/mol. The van der Waals surface area contributed by atoms with Crippen molar-refractivity contribution in [2.24, 2.45) is 0 Å². The van der Waals surface area contributed by atoms with Gasteiger partial charge in [-0.2, -0.15) is 0 Å². The molecule has 122 valence electrons. The third kappa shape index (κ3) is 3.27. The standard InChI is InChI=1S/C17H20N2O3S/c1-3-18-17(21)19-6-7-22-16-13(10-19)8-12(9-14(16)20)15-5-4-11(2)23-15/h4-5,8-9,20H,3,6-7,10H2,1-2H3,(H,18,21). The van der Waals surface area contributed by atoms with Gasteiger partial charge in [0.25, 0.3) is 0 Å². The van der Waals surface area contributed by atoms with Gasteiger partial charge in [-0.1, -0.05) is 0 Å². The van der Waals surface area contributed by atoms with E-state index in [2.05, 4.69) is 18.3 Å². The van der Waals surface area contributed by atoms with Crippen molar-refractivity contribution in [3.8, 4) is 21.9 Å². The molecule has 0 aliphatic carbocycles. The third-order valence-corrected chi connectivity index (χ3v) is 4.80. The van der Waals surface area contributed by atoms with E-state index in [1.165, 1.54) is 4.88 Å². The molecule has 1 aliphatic heterocycles. The van der Waals surface area contributed by atoms with E-state index in [1.54, 1.807) is 22.3 Å². The minimum absolute atomic E-state index is 0.110. The van der Waals surface area contributed by atoms with Crippen molar-refractivity contribution in [2.75, 3.05) is 19.7 Å². The molecule has 0 unspecified atom stereocenters. The minimum Gasteiger partial charge on any atom is -0.504 e. The Morgan fingerprint density at radius 3 is 2.96 bits per heavy atom. The van der Waals surface area contributed by atoms with Gasteiger partial charge in [-0.25, -0.2) is 4.79 Å². The van der Waals surface area contributed by atoms with Gasteiger partial charge in [0.1, 0.15) is 6.61 Å². The first-order chi connectivity index (χ1) is 11.1. The van der Waals surface area contributed by atoms with Gasteiger partial charge in [-0.05, 0) is 43.7 Å². The molecule has 1 aromatic heterocycles. The fourth-order valence-corrected chi connectivity index (χ4v) is 3.52. The zero-order chi connectivity index (χ0) is 16.4. The Labute approximate surface area is 139 Å². The Hall–Kier alpha value is -2.21. The minimum atomic E-state index is -0.110. The van der Waals surface area contributed by atoms with Gasteiger partial charge in [0.15, 0.2) is 11.5 Å². The largest absolute Gasteiger partial charge is 0.504 e. The maximum absolute atomic E-state index is 12.1. The first-order valence-corrected chi connectivity index (χ1v) is 8.48. The number of nitrogens with one attached hydrogen (secondary N) is 1. The molecule has 0 bridgehead atoms. The van der Waals surface area contributed by atoms with Gasteiger partial charge < -0.3 is 20.1 Å². The van der Waals surface area contributed by atoms with E-state index in [9.17, 15) is 9.90 Å². The lowest BCUT2D eigenvalue weighted by Crippen LogP contribution is -2.40. The third-order valence-electron chi connectivity index (χ3n) is 3.76. The summed E-state index contributed by atoms with van der Waals surface area (Å²) in [5.41, 5.74) is 1.77. The summed E-state index contributed by atoms with van der Waals surface area (Å²) >= 11 is 1.68. The number of aryl methyl sites for hydroxylation is 1. The quantitative estimate of drug-likeness (QED) is 0.886. The van der Waals surface area contributed by atoms with E-state index in [1.807, 2.05) is 19.1 Å². The van der Waals surface area contributed by atoms with Crippen molar-refractivity contribution in [2.45, 2.75) is 20.4 Å². The zero-order valence-electron chi connectivity index (χ0n) is 13.3. The number of carbonyl (C=O) groups is 1. The van der Waals surface area contributed by atoms with Gasteiger partial charge >= 0.3 is 6.03 Å². The summed E-state index contributed by atoms with van der Waals surface area (Å²) < 4.78 is 5.67. The molecule has 0 spiro atoms. The second kappa shape index (κ2) is 6.50. The van der Waals surface area contributed by atoms with Crippen LogP contribution < -0.4 is 10.1 Å². The number of benzene rings is 1. The molecular weight excluding hydrogens is 312 g/mol. The number of amides is 2. The van der Waals surface area contributed by atoms with Gasteiger partial charge in [0.2, 0.25) is 0 Å². The number of phenolic OH excluding ortho intramolecular Hbond substituents is 1. The number of nitrogens with zero attached hydrogens (tertiary/aromatic N) is 1. The smallest absolute Gasteiger partial charge is 0.317 e. The van der Waals surface area contributed by atoms with Crippen molar-refractivity contribution in [3.63, 3.8) is 0 Å². The maximum Gasteiger partial charge on any atom is 0.317 e. The number of carbonyl (C=O) groups excluding carboxylic acids is 1. The molecular formula is C17H20N2O3S. The molecule has 2 heterocycles. The second-order valence-electron chi connectivity index (χ2n) is 5.50. The molecule has 1 aliphatic rings. The number of hydrogen-bond acceptors (Lipinski definition) is 4. The average Bonchev–Trinajstić information content (AvgIpc) is 2.82. The summed E-state index contributed by atoms with van der Waals surface area (Å²) in [5.74, 6) is 0.607. The first kappa shape index (κ1) is 15.7. The molecule has 5 nitrogen and oxygen atoms in total. The Morgan fingerprint density at radius 2 is 2.26 bits per heavy atom. The molecule has 2 N–H and O–H groups in total. The van der Waals surface area contributed by atoms with Crippen LogP contribution in [0.2, 0.25) is 0 Å². The van der Waals surface area contributed by atoms with Crippen LogP contribution in [0.3, 0.4) is 0 Å². The summed E-state index contributed by atoms with van der Waals surface area (Å²) in [7, 11) is 0. The molecule has 2 aromatic rings. The predicted octanol–water partition coefficient (Wildman–Crippen LogP) is 3.35. The molecule has 23 heavy (non-hydrogen) atoms. The van der Waals surface area contributed by atoms with Crippen molar-refractivity contribution in [3.05, 3.63) is 34.7 Å². The highest BCUT2D eigenvalue weighted by atomic mass is 32.1. The number of urea groups is 1. The summed E-state index contributed by atoms with van der Waals surface area (Å²) in [4.78, 5) is 16.1. The fourth-order valence-electron chi connectivity index (χ4n) is 2.67. The first-order valence-electron chi connectivity index (χ1n) is 7.66. The van der Waals surface area contributed by atoms with Crippen LogP contribution in [0.15, 0.2) is 24.3 Å². The number of aromatic hydroxyl groups is 1. The van der Waals surface area contributed by atoms with E-state index in [0.29, 0.717) is 32.0 Å². The van der Waals surface area contributed by atoms with Crippen LogP contribution in [0.5, 0.6) is 11.5 Å². The number of fused-ring (bicyclic) bond motifs is 1. The van der Waals surface area contributed by atoms with Crippen molar-refractivity contribution in [1.82, 2.24) is 10.2 Å². The summed E-state index contributed by atoms with van der Waals surface area (Å²) in [6.45, 7) is 5.82. The summed E-state index contributed by atoms with van der Waals surface area (Å²) in [6.07, 6.45) is 0. The van der Waals surface area contributed by atoms with Crippen molar-refractivity contribution >= 4 is 17.4 Å². The van der Waals surface area contributed by atoms with Crippen molar-refractivity contribution < 1.29 is 14.6 Å². The molecule has 1 aromatic carbocycles. The number of rotatable bonds is 2. The lowest BCUT2D eigenvalue weighted by atomic mass is 10.1. The molecule has 6 heteroatoms. The van der Waals surface area contributed by atoms with Gasteiger partial charge in [0.05, 0.1) is 13.1 Å². The highest BCUT2D eigenvalue weighted by Gasteiger charge is 2.22. The van der Waals surface area contributed by atoms with Crippen LogP contribution in [0.4, 0.5) is 4.79 Å². The number of ether oxygens (including phenoxy) is 1. The summed E-state index contributed by atoms with van der Waals surface area (Å²) in [5, 5.41) is 13.1. The maximum atomic E-state index is 12.1. The second-order valence-corrected chi connectivity index (χ2v) is 6.79. The van der Waals surface area contributed by atoms with Crippen LogP contribution >= 0.6 is 11.3 Å². The van der Waals surface area contributed by atoms with E-state index in [4.69, 9.17) is 4.74 Å². The number of thiophene rings is 1. The van der Waals surface area contributed by atoms with Crippen LogP contribution in [0.1, 0.15) is 17.4 Å². The zero-order valence-corrected chi connectivity index (χ0v) is 14.1. The van der Waals surface area contributed by atoms with Crippen LogP contribution in [0.25, 0.3) is 10.4 Å². The molecule has 0 saturated carbocycles. The summed E-state index contributed by atoms with van der Waals surface area (Å²) in [6, 6.07) is 7.71. The molecule has 0 radical (unpaired) electrons. The Morgan fingerprint density at radius 1 is 1.43 bits per heavy atom. The fraction of sp³-hybridized carbons (Fsp3) is 0.353.